The average molecular weight is 407 g/mol. The average Bonchev–Trinajstić information content (AvgIpc) is 3.18. The summed E-state index contributed by atoms with van der Waals surface area (Å²) < 4.78 is 13.0. The van der Waals surface area contributed by atoms with Crippen LogP contribution < -0.4 is 5.32 Å². The molecular formula is C20H27FN4O2S. The lowest BCUT2D eigenvalue weighted by Gasteiger charge is -2.37. The van der Waals surface area contributed by atoms with Crippen LogP contribution in [0.4, 0.5) is 14.9 Å². The van der Waals surface area contributed by atoms with Gasteiger partial charge in [-0.1, -0.05) is 13.8 Å². The van der Waals surface area contributed by atoms with E-state index in [1.54, 1.807) is 16.2 Å². The van der Waals surface area contributed by atoms with Crippen molar-refractivity contribution in [2.45, 2.75) is 38.8 Å². The standard InChI is InChI=1S/C20H27FN4O2S/c1-3-24(4-2)13-18-23-17(14-28-18)20(27)9-11-25(12-10-20)19(26)22-16-7-5-15(21)6-8-16/h5-8,14,27H,3-4,9-13H2,1-2H3,(H,22,26). The molecule has 1 saturated heterocycles. The second-order valence-electron chi connectivity index (χ2n) is 7.04. The van der Waals surface area contributed by atoms with Gasteiger partial charge in [0, 0.05) is 24.2 Å². The van der Waals surface area contributed by atoms with Crippen LogP contribution in [0.25, 0.3) is 0 Å². The van der Waals surface area contributed by atoms with Crippen LogP contribution in [-0.2, 0) is 12.1 Å². The van der Waals surface area contributed by atoms with Crippen LogP contribution in [0.2, 0.25) is 0 Å². The van der Waals surface area contributed by atoms with Crippen molar-refractivity contribution in [3.63, 3.8) is 0 Å². The molecule has 152 valence electrons. The van der Waals surface area contributed by atoms with Crippen LogP contribution in [0.3, 0.4) is 0 Å². The van der Waals surface area contributed by atoms with E-state index in [2.05, 4.69) is 29.0 Å². The van der Waals surface area contributed by atoms with Crippen molar-refractivity contribution in [3.8, 4) is 0 Å². The molecule has 6 nitrogen and oxygen atoms in total. The van der Waals surface area contributed by atoms with Gasteiger partial charge in [-0.2, -0.15) is 0 Å². The molecule has 0 spiro atoms. The third-order valence-electron chi connectivity index (χ3n) is 5.26. The number of halogens is 1. The lowest BCUT2D eigenvalue weighted by Crippen LogP contribution is -2.46. The Labute approximate surface area is 169 Å². The molecule has 8 heteroatoms. The second kappa shape index (κ2) is 8.98. The summed E-state index contributed by atoms with van der Waals surface area (Å²) in [5.74, 6) is -0.343. The number of carbonyl (C=O) groups is 1. The zero-order valence-corrected chi connectivity index (χ0v) is 17.1. The fourth-order valence-corrected chi connectivity index (χ4v) is 4.24. The molecule has 2 aromatic rings. The predicted molar refractivity (Wildman–Crippen MR) is 109 cm³/mol. The number of hydrogen-bond acceptors (Lipinski definition) is 5. The molecule has 1 aliphatic rings. The van der Waals surface area contributed by atoms with Crippen molar-refractivity contribution >= 4 is 23.1 Å². The topological polar surface area (TPSA) is 68.7 Å². The summed E-state index contributed by atoms with van der Waals surface area (Å²) in [5.41, 5.74) is 0.260. The fourth-order valence-electron chi connectivity index (χ4n) is 3.31. The van der Waals surface area contributed by atoms with Gasteiger partial charge in [0.15, 0.2) is 0 Å². The van der Waals surface area contributed by atoms with Crippen LogP contribution in [0.15, 0.2) is 29.6 Å². The van der Waals surface area contributed by atoms with E-state index >= 15 is 0 Å². The number of aromatic nitrogens is 1. The van der Waals surface area contributed by atoms with Gasteiger partial charge in [0.2, 0.25) is 0 Å². The Morgan fingerprint density at radius 2 is 1.93 bits per heavy atom. The third kappa shape index (κ3) is 4.87. The molecule has 0 atom stereocenters. The first-order valence-electron chi connectivity index (χ1n) is 9.64. The molecule has 0 bridgehead atoms. The van der Waals surface area contributed by atoms with E-state index in [-0.39, 0.29) is 11.8 Å². The van der Waals surface area contributed by atoms with Crippen molar-refractivity contribution < 1.29 is 14.3 Å². The molecule has 3 rings (SSSR count). The Kier molecular flexibility index (Phi) is 6.64. The van der Waals surface area contributed by atoms with Gasteiger partial charge in [-0.15, -0.1) is 11.3 Å². The van der Waals surface area contributed by atoms with Gasteiger partial charge in [0.25, 0.3) is 0 Å². The first-order valence-corrected chi connectivity index (χ1v) is 10.5. The smallest absolute Gasteiger partial charge is 0.321 e. The lowest BCUT2D eigenvalue weighted by molar-refractivity contribution is -0.0189. The molecule has 1 aromatic heterocycles. The van der Waals surface area contributed by atoms with Crippen molar-refractivity contribution in [2.24, 2.45) is 0 Å². The molecule has 0 saturated carbocycles. The number of aliphatic hydroxyl groups is 1. The molecule has 0 aliphatic carbocycles. The molecule has 1 fully saturated rings. The summed E-state index contributed by atoms with van der Waals surface area (Å²) in [5, 5.41) is 16.8. The number of thiazole rings is 1. The molecular weight excluding hydrogens is 379 g/mol. The molecule has 2 amide bonds. The maximum absolute atomic E-state index is 13.0. The van der Waals surface area contributed by atoms with E-state index in [9.17, 15) is 14.3 Å². The number of rotatable bonds is 6. The van der Waals surface area contributed by atoms with E-state index in [1.807, 2.05) is 5.38 Å². The minimum Gasteiger partial charge on any atom is -0.383 e. The van der Waals surface area contributed by atoms with Crippen LogP contribution in [0.5, 0.6) is 0 Å². The van der Waals surface area contributed by atoms with Gasteiger partial charge in [0.05, 0.1) is 12.2 Å². The molecule has 0 unspecified atom stereocenters. The van der Waals surface area contributed by atoms with E-state index in [0.29, 0.717) is 37.3 Å². The van der Waals surface area contributed by atoms with E-state index < -0.39 is 5.60 Å². The number of nitrogens with one attached hydrogen (secondary N) is 1. The fraction of sp³-hybridized carbons (Fsp3) is 0.500. The van der Waals surface area contributed by atoms with Gasteiger partial charge >= 0.3 is 6.03 Å². The van der Waals surface area contributed by atoms with Crippen molar-refractivity contribution in [3.05, 3.63) is 46.2 Å². The van der Waals surface area contributed by atoms with Crippen LogP contribution in [-0.4, -0.2) is 52.1 Å². The number of hydrogen-bond donors (Lipinski definition) is 2. The highest BCUT2D eigenvalue weighted by atomic mass is 32.1. The maximum atomic E-state index is 13.0. The van der Waals surface area contributed by atoms with Gasteiger partial charge in [-0.05, 0) is 50.2 Å². The summed E-state index contributed by atoms with van der Waals surface area (Å²) in [4.78, 5) is 21.0. The number of likely N-dealkylation sites (tertiary alicyclic amines) is 1. The van der Waals surface area contributed by atoms with Crippen LogP contribution in [0.1, 0.15) is 37.4 Å². The molecule has 0 radical (unpaired) electrons. The Morgan fingerprint density at radius 3 is 2.54 bits per heavy atom. The number of nitrogens with zero attached hydrogens (tertiary/aromatic N) is 3. The Hall–Kier alpha value is -2.03. The quantitative estimate of drug-likeness (QED) is 0.769. The minimum absolute atomic E-state index is 0.242. The summed E-state index contributed by atoms with van der Waals surface area (Å²) in [6, 6.07) is 5.43. The Morgan fingerprint density at radius 1 is 1.29 bits per heavy atom. The number of carbonyl (C=O) groups excluding carboxylic acids is 1. The Bertz CT molecular complexity index is 784. The number of urea groups is 1. The number of amides is 2. The van der Waals surface area contributed by atoms with Gasteiger partial charge in [0.1, 0.15) is 16.4 Å². The normalized spacial score (nSPS) is 16.4. The molecule has 28 heavy (non-hydrogen) atoms. The maximum Gasteiger partial charge on any atom is 0.321 e. The van der Waals surface area contributed by atoms with Crippen molar-refractivity contribution in [2.75, 3.05) is 31.5 Å². The lowest BCUT2D eigenvalue weighted by atomic mass is 9.89. The van der Waals surface area contributed by atoms with E-state index in [0.717, 1.165) is 24.6 Å². The zero-order chi connectivity index (χ0) is 20.1. The monoisotopic (exact) mass is 406 g/mol. The van der Waals surface area contributed by atoms with Gasteiger partial charge in [-0.3, -0.25) is 4.90 Å². The van der Waals surface area contributed by atoms with Crippen molar-refractivity contribution in [1.82, 2.24) is 14.8 Å². The van der Waals surface area contributed by atoms with Gasteiger partial charge < -0.3 is 15.3 Å². The SMILES string of the molecule is CCN(CC)Cc1nc(C2(O)CCN(C(=O)Nc3ccc(F)cc3)CC2)cs1. The molecule has 1 aromatic carbocycles. The van der Waals surface area contributed by atoms with Gasteiger partial charge in [-0.25, -0.2) is 14.2 Å². The highest BCUT2D eigenvalue weighted by Gasteiger charge is 2.37. The van der Waals surface area contributed by atoms with E-state index in [4.69, 9.17) is 0 Å². The highest BCUT2D eigenvalue weighted by Crippen LogP contribution is 2.33. The summed E-state index contributed by atoms with van der Waals surface area (Å²) in [6.07, 6.45) is 0.885. The summed E-state index contributed by atoms with van der Waals surface area (Å²) in [6.45, 7) is 7.84. The largest absolute Gasteiger partial charge is 0.383 e. The number of piperidine rings is 1. The third-order valence-corrected chi connectivity index (χ3v) is 6.09. The van der Waals surface area contributed by atoms with E-state index in [1.165, 1.54) is 24.3 Å². The second-order valence-corrected chi connectivity index (χ2v) is 7.99. The Balaban J connectivity index is 1.57. The molecule has 2 N–H and O–H groups in total. The first-order chi connectivity index (χ1) is 13.4. The minimum atomic E-state index is -0.995. The molecule has 2 heterocycles. The number of anilines is 1. The van der Waals surface area contributed by atoms with Crippen LogP contribution in [0, 0.1) is 5.82 Å². The van der Waals surface area contributed by atoms with Crippen LogP contribution >= 0.6 is 11.3 Å². The molecule has 1 aliphatic heterocycles. The summed E-state index contributed by atoms with van der Waals surface area (Å²) in [7, 11) is 0. The number of benzene rings is 1. The highest BCUT2D eigenvalue weighted by molar-refractivity contribution is 7.09. The first kappa shape index (κ1) is 20.7. The van der Waals surface area contributed by atoms with Crippen molar-refractivity contribution in [1.29, 1.82) is 0 Å². The zero-order valence-electron chi connectivity index (χ0n) is 16.3. The summed E-state index contributed by atoms with van der Waals surface area (Å²) >= 11 is 1.57. The predicted octanol–water partition coefficient (Wildman–Crippen LogP) is 3.64.